The van der Waals surface area contributed by atoms with Crippen LogP contribution in [-0.2, 0) is 4.74 Å². The molecule has 0 unspecified atom stereocenters. The summed E-state index contributed by atoms with van der Waals surface area (Å²) < 4.78 is 24.5. The number of benzene rings is 1. The Bertz CT molecular complexity index is 1040. The third-order valence-electron chi connectivity index (χ3n) is 4.42. The number of hydrazine groups is 1. The summed E-state index contributed by atoms with van der Waals surface area (Å²) in [6, 6.07) is 4.45. The lowest BCUT2D eigenvalue weighted by atomic mass is 10.1. The van der Waals surface area contributed by atoms with Crippen LogP contribution in [0.4, 0.5) is 9.52 Å². The van der Waals surface area contributed by atoms with Crippen LogP contribution in [0.2, 0.25) is 0 Å². The van der Waals surface area contributed by atoms with E-state index in [9.17, 15) is 14.0 Å². The summed E-state index contributed by atoms with van der Waals surface area (Å²) >= 11 is 1.35. The standard InChI is InChI=1S/C18H17FN4O4S/c1-10-11-3-2-4-12(19)15(11)27-14(10)17(25)22-21-16(24)13-9-28-18(20-13)23-5-7-26-8-6-23/h2-4,9H,5-8H2,1H3,(H,21,24)(H,22,25). The number of hydrogen-bond donors (Lipinski definition) is 2. The van der Waals surface area contributed by atoms with Gasteiger partial charge in [-0.25, -0.2) is 9.37 Å². The van der Waals surface area contributed by atoms with E-state index in [1.165, 1.54) is 23.5 Å². The molecule has 8 nitrogen and oxygen atoms in total. The smallest absolute Gasteiger partial charge is 0.305 e. The second kappa shape index (κ2) is 7.56. The predicted octanol–water partition coefficient (Wildman–Crippen LogP) is 2.25. The fourth-order valence-corrected chi connectivity index (χ4v) is 3.79. The van der Waals surface area contributed by atoms with Gasteiger partial charge in [-0.1, -0.05) is 12.1 Å². The zero-order chi connectivity index (χ0) is 19.7. The highest BCUT2D eigenvalue weighted by atomic mass is 32.1. The third kappa shape index (κ3) is 3.43. The highest BCUT2D eigenvalue weighted by Gasteiger charge is 2.21. The molecule has 1 saturated heterocycles. The van der Waals surface area contributed by atoms with E-state index < -0.39 is 17.6 Å². The Balaban J connectivity index is 1.42. The Morgan fingerprint density at radius 3 is 2.71 bits per heavy atom. The van der Waals surface area contributed by atoms with E-state index in [2.05, 4.69) is 15.8 Å². The number of para-hydroxylation sites is 1. The van der Waals surface area contributed by atoms with E-state index in [0.29, 0.717) is 37.3 Å². The first-order valence-corrected chi connectivity index (χ1v) is 9.49. The van der Waals surface area contributed by atoms with Gasteiger partial charge in [-0.3, -0.25) is 20.4 Å². The molecule has 1 aliphatic rings. The molecule has 1 aromatic carbocycles. The van der Waals surface area contributed by atoms with Gasteiger partial charge in [0.25, 0.3) is 5.91 Å². The van der Waals surface area contributed by atoms with E-state index >= 15 is 0 Å². The highest BCUT2D eigenvalue weighted by molar-refractivity contribution is 7.13. The molecular weight excluding hydrogens is 387 g/mol. The van der Waals surface area contributed by atoms with Crippen molar-refractivity contribution in [1.29, 1.82) is 0 Å². The molecule has 0 aliphatic carbocycles. The summed E-state index contributed by atoms with van der Waals surface area (Å²) in [5.41, 5.74) is 5.28. The van der Waals surface area contributed by atoms with Crippen molar-refractivity contribution in [3.05, 3.63) is 46.4 Å². The molecule has 0 radical (unpaired) electrons. The van der Waals surface area contributed by atoms with Gasteiger partial charge in [-0.2, -0.15) is 0 Å². The van der Waals surface area contributed by atoms with Crippen molar-refractivity contribution in [3.8, 4) is 0 Å². The van der Waals surface area contributed by atoms with Crippen molar-refractivity contribution in [2.24, 2.45) is 0 Å². The zero-order valence-electron chi connectivity index (χ0n) is 15.0. The molecule has 2 amide bonds. The maximum absolute atomic E-state index is 13.8. The second-order valence-corrected chi connectivity index (χ2v) is 7.03. The average molecular weight is 404 g/mol. The predicted molar refractivity (Wildman–Crippen MR) is 101 cm³/mol. The maximum atomic E-state index is 13.8. The van der Waals surface area contributed by atoms with E-state index in [0.717, 1.165) is 5.13 Å². The molecule has 10 heteroatoms. The molecule has 0 bridgehead atoms. The van der Waals surface area contributed by atoms with Crippen LogP contribution < -0.4 is 15.8 Å². The van der Waals surface area contributed by atoms with Gasteiger partial charge in [-0.05, 0) is 13.0 Å². The van der Waals surface area contributed by atoms with Crippen molar-refractivity contribution >= 4 is 39.3 Å². The van der Waals surface area contributed by atoms with Gasteiger partial charge in [0, 0.05) is 29.4 Å². The molecule has 0 saturated carbocycles. The molecule has 1 aliphatic heterocycles. The number of morpholine rings is 1. The Morgan fingerprint density at radius 2 is 1.96 bits per heavy atom. The summed E-state index contributed by atoms with van der Waals surface area (Å²) in [7, 11) is 0. The van der Waals surface area contributed by atoms with Gasteiger partial charge in [-0.15, -0.1) is 11.3 Å². The van der Waals surface area contributed by atoms with Crippen LogP contribution in [0.25, 0.3) is 11.0 Å². The normalized spacial score (nSPS) is 14.3. The van der Waals surface area contributed by atoms with Crippen molar-refractivity contribution in [1.82, 2.24) is 15.8 Å². The molecule has 0 atom stereocenters. The lowest BCUT2D eigenvalue weighted by Gasteiger charge is -2.25. The van der Waals surface area contributed by atoms with Gasteiger partial charge in [0.05, 0.1) is 13.2 Å². The number of aryl methyl sites for hydroxylation is 1. The average Bonchev–Trinajstić information content (AvgIpc) is 3.33. The van der Waals surface area contributed by atoms with Gasteiger partial charge in [0.1, 0.15) is 5.69 Å². The lowest BCUT2D eigenvalue weighted by molar-refractivity contribution is 0.0829. The fraction of sp³-hybridized carbons (Fsp3) is 0.278. The molecule has 3 heterocycles. The number of nitrogens with zero attached hydrogens (tertiary/aromatic N) is 2. The van der Waals surface area contributed by atoms with Crippen LogP contribution in [0.15, 0.2) is 28.0 Å². The van der Waals surface area contributed by atoms with Crippen LogP contribution in [0.5, 0.6) is 0 Å². The largest absolute Gasteiger partial charge is 0.447 e. The van der Waals surface area contributed by atoms with Crippen LogP contribution in [-0.4, -0.2) is 43.1 Å². The van der Waals surface area contributed by atoms with E-state index in [1.807, 2.05) is 4.90 Å². The van der Waals surface area contributed by atoms with E-state index in [1.54, 1.807) is 18.4 Å². The Hall–Kier alpha value is -2.98. The van der Waals surface area contributed by atoms with Gasteiger partial charge < -0.3 is 14.1 Å². The van der Waals surface area contributed by atoms with E-state index in [4.69, 9.17) is 9.15 Å². The number of anilines is 1. The number of hydrogen-bond acceptors (Lipinski definition) is 7. The summed E-state index contributed by atoms with van der Waals surface area (Å²) in [4.78, 5) is 31.0. The number of amides is 2. The summed E-state index contributed by atoms with van der Waals surface area (Å²) in [5, 5.41) is 2.85. The van der Waals surface area contributed by atoms with Gasteiger partial charge in [0.2, 0.25) is 0 Å². The Morgan fingerprint density at radius 1 is 1.21 bits per heavy atom. The minimum Gasteiger partial charge on any atom is -0.447 e. The molecule has 2 N–H and O–H groups in total. The van der Waals surface area contributed by atoms with Crippen molar-refractivity contribution in [3.63, 3.8) is 0 Å². The number of carbonyl (C=O) groups excluding carboxylic acids is 2. The molecule has 28 heavy (non-hydrogen) atoms. The molecule has 3 aromatic rings. The molecule has 146 valence electrons. The molecule has 1 fully saturated rings. The third-order valence-corrected chi connectivity index (χ3v) is 5.32. The van der Waals surface area contributed by atoms with Crippen molar-refractivity contribution in [2.45, 2.75) is 6.92 Å². The summed E-state index contributed by atoms with van der Waals surface area (Å²) in [5.74, 6) is -1.84. The topological polar surface area (TPSA) is 96.7 Å². The minimum atomic E-state index is -0.676. The van der Waals surface area contributed by atoms with Gasteiger partial charge in [0.15, 0.2) is 22.3 Å². The zero-order valence-corrected chi connectivity index (χ0v) is 15.8. The number of halogens is 1. The Kier molecular flexibility index (Phi) is 4.97. The number of thiazole rings is 1. The SMILES string of the molecule is Cc1c(C(=O)NNC(=O)c2csc(N3CCOCC3)n2)oc2c(F)cccc12. The molecule has 4 rings (SSSR count). The van der Waals surface area contributed by atoms with Crippen molar-refractivity contribution in [2.75, 3.05) is 31.2 Å². The quantitative estimate of drug-likeness (QED) is 0.650. The first-order valence-electron chi connectivity index (χ1n) is 8.61. The van der Waals surface area contributed by atoms with Crippen LogP contribution in [0, 0.1) is 12.7 Å². The molecular formula is C18H17FN4O4S. The first-order chi connectivity index (χ1) is 13.5. The molecule has 2 aromatic heterocycles. The number of carbonyl (C=O) groups is 2. The minimum absolute atomic E-state index is 0.00568. The summed E-state index contributed by atoms with van der Waals surface area (Å²) in [6.07, 6.45) is 0. The fourth-order valence-electron chi connectivity index (χ4n) is 2.93. The van der Waals surface area contributed by atoms with Crippen LogP contribution >= 0.6 is 11.3 Å². The van der Waals surface area contributed by atoms with Gasteiger partial charge >= 0.3 is 5.91 Å². The number of ether oxygens (including phenoxy) is 1. The van der Waals surface area contributed by atoms with Crippen LogP contribution in [0.1, 0.15) is 26.6 Å². The summed E-state index contributed by atoms with van der Waals surface area (Å²) in [6.45, 7) is 4.32. The number of furan rings is 1. The van der Waals surface area contributed by atoms with Crippen molar-refractivity contribution < 1.29 is 23.1 Å². The first kappa shape index (κ1) is 18.4. The molecule has 0 spiro atoms. The number of nitrogens with one attached hydrogen (secondary N) is 2. The second-order valence-electron chi connectivity index (χ2n) is 6.20. The number of fused-ring (bicyclic) bond motifs is 1. The number of rotatable bonds is 3. The lowest BCUT2D eigenvalue weighted by Crippen LogP contribution is -2.42. The monoisotopic (exact) mass is 404 g/mol. The highest BCUT2D eigenvalue weighted by Crippen LogP contribution is 2.27. The maximum Gasteiger partial charge on any atom is 0.305 e. The van der Waals surface area contributed by atoms with E-state index in [-0.39, 0.29) is 17.0 Å². The Labute approximate surface area is 163 Å². The number of aromatic nitrogens is 1. The van der Waals surface area contributed by atoms with Crippen LogP contribution in [0.3, 0.4) is 0 Å².